The van der Waals surface area contributed by atoms with Crippen molar-refractivity contribution in [3.63, 3.8) is 0 Å². The Labute approximate surface area is 161 Å². The Hall–Kier alpha value is -2.60. The van der Waals surface area contributed by atoms with Gasteiger partial charge in [-0.3, -0.25) is 4.79 Å². The molecule has 1 aromatic carbocycles. The Morgan fingerprint density at radius 3 is 2.85 bits per heavy atom. The van der Waals surface area contributed by atoms with Crippen LogP contribution < -0.4 is 0 Å². The number of esters is 1. The van der Waals surface area contributed by atoms with Crippen LogP contribution in [0.4, 0.5) is 0 Å². The van der Waals surface area contributed by atoms with Gasteiger partial charge >= 0.3 is 5.97 Å². The first-order valence-electron chi connectivity index (χ1n) is 9.15. The SMILES string of the molecule is CC(C)[C@H](OC(=O)c1c[nH]c2ccccc12)C(=O)N1CCc2sccc2C1. The second-order valence-electron chi connectivity index (χ2n) is 7.20. The fourth-order valence-electron chi connectivity index (χ4n) is 3.51. The van der Waals surface area contributed by atoms with Crippen molar-refractivity contribution in [1.29, 1.82) is 0 Å². The number of hydrogen-bond acceptors (Lipinski definition) is 4. The molecule has 2 aromatic heterocycles. The smallest absolute Gasteiger partial charge is 0.341 e. The number of carbonyl (C=O) groups excluding carboxylic acids is 2. The molecule has 4 rings (SSSR count). The van der Waals surface area contributed by atoms with E-state index in [2.05, 4.69) is 16.4 Å². The Morgan fingerprint density at radius 1 is 1.22 bits per heavy atom. The van der Waals surface area contributed by atoms with Crippen LogP contribution in [0.1, 0.15) is 34.6 Å². The molecule has 0 saturated carbocycles. The maximum atomic E-state index is 13.1. The molecular weight excluding hydrogens is 360 g/mol. The molecule has 3 aromatic rings. The highest BCUT2D eigenvalue weighted by atomic mass is 32.1. The van der Waals surface area contributed by atoms with Crippen molar-refractivity contribution >= 4 is 34.1 Å². The molecule has 0 bridgehead atoms. The molecule has 1 aliphatic heterocycles. The van der Waals surface area contributed by atoms with Crippen molar-refractivity contribution in [2.24, 2.45) is 5.92 Å². The van der Waals surface area contributed by atoms with E-state index in [1.165, 1.54) is 10.4 Å². The highest BCUT2D eigenvalue weighted by molar-refractivity contribution is 7.10. The standard InChI is InChI=1S/C21H22N2O3S/c1-13(2)19(20(24)23-9-7-18-14(12-23)8-10-27-18)26-21(25)16-11-22-17-6-4-3-5-15(16)17/h3-6,8,10-11,13,19,22H,7,9,12H2,1-2H3/t19-/m0/s1. The summed E-state index contributed by atoms with van der Waals surface area (Å²) in [4.78, 5) is 32.1. The van der Waals surface area contributed by atoms with Crippen molar-refractivity contribution in [3.8, 4) is 0 Å². The molecule has 0 spiro atoms. The second-order valence-corrected chi connectivity index (χ2v) is 8.20. The predicted molar refractivity (Wildman–Crippen MR) is 106 cm³/mol. The quantitative estimate of drug-likeness (QED) is 0.694. The molecule has 0 radical (unpaired) electrons. The average molecular weight is 382 g/mol. The maximum absolute atomic E-state index is 13.1. The number of nitrogens with one attached hydrogen (secondary N) is 1. The number of aromatic nitrogens is 1. The van der Waals surface area contributed by atoms with Crippen LogP contribution in [0.3, 0.4) is 0 Å². The Morgan fingerprint density at radius 2 is 2.04 bits per heavy atom. The lowest BCUT2D eigenvalue weighted by molar-refractivity contribution is -0.144. The number of fused-ring (bicyclic) bond motifs is 2. The minimum absolute atomic E-state index is 0.101. The van der Waals surface area contributed by atoms with E-state index in [0.29, 0.717) is 18.7 Å². The molecule has 1 N–H and O–H groups in total. The van der Waals surface area contributed by atoms with Gasteiger partial charge in [-0.25, -0.2) is 4.79 Å². The van der Waals surface area contributed by atoms with Crippen molar-refractivity contribution in [2.75, 3.05) is 6.54 Å². The molecule has 0 saturated heterocycles. The molecule has 140 valence electrons. The van der Waals surface area contributed by atoms with Crippen molar-refractivity contribution in [2.45, 2.75) is 32.9 Å². The fraction of sp³-hybridized carbons (Fsp3) is 0.333. The molecule has 1 atom stereocenters. The first-order chi connectivity index (χ1) is 13.0. The van der Waals surface area contributed by atoms with E-state index >= 15 is 0 Å². The summed E-state index contributed by atoms with van der Waals surface area (Å²) in [7, 11) is 0. The number of rotatable bonds is 4. The van der Waals surface area contributed by atoms with Gasteiger partial charge in [0.1, 0.15) is 0 Å². The van der Waals surface area contributed by atoms with Crippen LogP contribution in [-0.4, -0.2) is 34.4 Å². The third-order valence-electron chi connectivity index (χ3n) is 5.01. The topological polar surface area (TPSA) is 62.4 Å². The number of amides is 1. The average Bonchev–Trinajstić information content (AvgIpc) is 3.31. The first kappa shape index (κ1) is 17.8. The van der Waals surface area contributed by atoms with E-state index in [9.17, 15) is 9.59 Å². The molecule has 6 heteroatoms. The summed E-state index contributed by atoms with van der Waals surface area (Å²) in [5.74, 6) is -0.682. The lowest BCUT2D eigenvalue weighted by Crippen LogP contribution is -2.45. The number of aromatic amines is 1. The lowest BCUT2D eigenvalue weighted by Gasteiger charge is -2.31. The molecule has 1 aliphatic rings. The molecule has 0 unspecified atom stereocenters. The molecule has 0 fully saturated rings. The summed E-state index contributed by atoms with van der Waals surface area (Å²) in [6, 6.07) is 9.64. The highest BCUT2D eigenvalue weighted by Crippen LogP contribution is 2.26. The number of nitrogens with zero attached hydrogens (tertiary/aromatic N) is 1. The fourth-order valence-corrected chi connectivity index (χ4v) is 4.40. The zero-order chi connectivity index (χ0) is 19.0. The number of benzene rings is 1. The maximum Gasteiger partial charge on any atom is 0.341 e. The van der Waals surface area contributed by atoms with Crippen molar-refractivity contribution < 1.29 is 14.3 Å². The third-order valence-corrected chi connectivity index (χ3v) is 6.03. The largest absolute Gasteiger partial charge is 0.448 e. The summed E-state index contributed by atoms with van der Waals surface area (Å²) >= 11 is 1.74. The van der Waals surface area contributed by atoms with Gasteiger partial charge < -0.3 is 14.6 Å². The van der Waals surface area contributed by atoms with Gasteiger partial charge in [-0.15, -0.1) is 11.3 Å². The van der Waals surface area contributed by atoms with Crippen LogP contribution >= 0.6 is 11.3 Å². The monoisotopic (exact) mass is 382 g/mol. The third kappa shape index (κ3) is 3.37. The van der Waals surface area contributed by atoms with Crippen LogP contribution in [0.15, 0.2) is 41.9 Å². The van der Waals surface area contributed by atoms with E-state index in [0.717, 1.165) is 17.3 Å². The van der Waals surface area contributed by atoms with E-state index in [-0.39, 0.29) is 11.8 Å². The molecule has 0 aliphatic carbocycles. The zero-order valence-electron chi connectivity index (χ0n) is 15.4. The number of hydrogen-bond donors (Lipinski definition) is 1. The summed E-state index contributed by atoms with van der Waals surface area (Å²) in [6.07, 6.45) is 1.72. The summed E-state index contributed by atoms with van der Waals surface area (Å²) in [5.41, 5.74) is 2.53. The van der Waals surface area contributed by atoms with Crippen LogP contribution in [0.25, 0.3) is 10.9 Å². The minimum Gasteiger partial charge on any atom is -0.448 e. The molecule has 27 heavy (non-hydrogen) atoms. The van der Waals surface area contributed by atoms with E-state index in [1.54, 1.807) is 17.5 Å². The van der Waals surface area contributed by atoms with Gasteiger partial charge in [0.2, 0.25) is 0 Å². The molecule has 5 nitrogen and oxygen atoms in total. The van der Waals surface area contributed by atoms with Gasteiger partial charge in [-0.1, -0.05) is 32.0 Å². The number of thiophene rings is 1. The lowest BCUT2D eigenvalue weighted by atomic mass is 10.0. The van der Waals surface area contributed by atoms with Gasteiger partial charge in [0.15, 0.2) is 6.10 Å². The van der Waals surface area contributed by atoms with Gasteiger partial charge in [0, 0.05) is 35.1 Å². The Kier molecular flexibility index (Phi) is 4.74. The van der Waals surface area contributed by atoms with Crippen LogP contribution in [0, 0.1) is 5.92 Å². The Bertz CT molecular complexity index is 988. The van der Waals surface area contributed by atoms with E-state index in [1.807, 2.05) is 43.0 Å². The van der Waals surface area contributed by atoms with Gasteiger partial charge in [-0.05, 0) is 35.4 Å². The molecular formula is C21H22N2O3S. The van der Waals surface area contributed by atoms with Crippen LogP contribution in [-0.2, 0) is 22.5 Å². The predicted octanol–water partition coefficient (Wildman–Crippen LogP) is 4.00. The van der Waals surface area contributed by atoms with Crippen LogP contribution in [0.5, 0.6) is 0 Å². The number of carbonyl (C=O) groups is 2. The van der Waals surface area contributed by atoms with E-state index in [4.69, 9.17) is 4.74 Å². The second kappa shape index (κ2) is 7.19. The molecule has 3 heterocycles. The number of H-pyrrole nitrogens is 1. The van der Waals surface area contributed by atoms with Gasteiger partial charge in [-0.2, -0.15) is 0 Å². The van der Waals surface area contributed by atoms with Gasteiger partial charge in [0.05, 0.1) is 5.56 Å². The summed E-state index contributed by atoms with van der Waals surface area (Å²) < 4.78 is 5.70. The normalized spacial score (nSPS) is 15.0. The zero-order valence-corrected chi connectivity index (χ0v) is 16.2. The number of ether oxygens (including phenoxy) is 1. The Balaban J connectivity index is 1.53. The number of para-hydroxylation sites is 1. The van der Waals surface area contributed by atoms with Crippen molar-refractivity contribution in [3.05, 3.63) is 57.9 Å². The highest BCUT2D eigenvalue weighted by Gasteiger charge is 2.33. The summed E-state index contributed by atoms with van der Waals surface area (Å²) in [6.45, 7) is 5.07. The summed E-state index contributed by atoms with van der Waals surface area (Å²) in [5, 5.41) is 2.87. The van der Waals surface area contributed by atoms with Crippen LogP contribution in [0.2, 0.25) is 0 Å². The van der Waals surface area contributed by atoms with E-state index < -0.39 is 12.1 Å². The minimum atomic E-state index is -0.786. The molecule has 1 amide bonds. The first-order valence-corrected chi connectivity index (χ1v) is 10.0. The van der Waals surface area contributed by atoms with Gasteiger partial charge in [0.25, 0.3) is 5.91 Å². The van der Waals surface area contributed by atoms with Crippen molar-refractivity contribution in [1.82, 2.24) is 9.88 Å².